The Kier molecular flexibility index (Phi) is 11.3. The quantitative estimate of drug-likeness (QED) is 0.294. The van der Waals surface area contributed by atoms with Crippen LogP contribution in [-0.2, 0) is 24.4 Å². The van der Waals surface area contributed by atoms with E-state index in [-0.39, 0.29) is 24.0 Å². The fourth-order valence-electron chi connectivity index (χ4n) is 3.79. The van der Waals surface area contributed by atoms with Gasteiger partial charge in [0.15, 0.2) is 5.96 Å². The summed E-state index contributed by atoms with van der Waals surface area (Å²) in [5.74, 6) is 1.57. The summed E-state index contributed by atoms with van der Waals surface area (Å²) in [6, 6.07) is 19.2. The van der Waals surface area contributed by atoms with Crippen molar-refractivity contribution in [3.8, 4) is 0 Å². The standard InChI is InChI=1S/C25H36N4O.HI/c1-4-26-25(27-16-21-10-12-22(13-11-21)17-28(2)3)29-15-14-24(18-29)20-30-19-23-8-6-5-7-9-23;/h5-13,24H,4,14-20H2,1-3H3,(H,26,27);1H. The topological polar surface area (TPSA) is 40.1 Å². The molecule has 0 saturated carbocycles. The van der Waals surface area contributed by atoms with Crippen molar-refractivity contribution in [2.24, 2.45) is 10.9 Å². The number of likely N-dealkylation sites (tertiary alicyclic amines) is 1. The second-order valence-corrected chi connectivity index (χ2v) is 8.33. The summed E-state index contributed by atoms with van der Waals surface area (Å²) in [6.45, 7) is 8.21. The summed E-state index contributed by atoms with van der Waals surface area (Å²) in [6.07, 6.45) is 1.15. The molecule has 0 spiro atoms. The predicted molar refractivity (Wildman–Crippen MR) is 140 cm³/mol. The molecular formula is C25H37IN4O. The highest BCUT2D eigenvalue weighted by Crippen LogP contribution is 2.18. The molecule has 0 radical (unpaired) electrons. The molecule has 5 nitrogen and oxygen atoms in total. The summed E-state index contributed by atoms with van der Waals surface area (Å²) < 4.78 is 5.97. The third-order valence-electron chi connectivity index (χ3n) is 5.32. The molecule has 1 aliphatic rings. The van der Waals surface area contributed by atoms with Gasteiger partial charge < -0.3 is 19.9 Å². The van der Waals surface area contributed by atoms with Gasteiger partial charge in [-0.05, 0) is 44.1 Å². The van der Waals surface area contributed by atoms with Crippen LogP contribution in [0.2, 0.25) is 0 Å². The van der Waals surface area contributed by atoms with E-state index in [0.29, 0.717) is 19.1 Å². The average Bonchev–Trinajstić information content (AvgIpc) is 3.21. The zero-order valence-electron chi connectivity index (χ0n) is 19.1. The second kappa shape index (κ2) is 13.7. The van der Waals surface area contributed by atoms with Crippen LogP contribution in [0.3, 0.4) is 0 Å². The van der Waals surface area contributed by atoms with Crippen LogP contribution in [0.1, 0.15) is 30.0 Å². The smallest absolute Gasteiger partial charge is 0.194 e. The van der Waals surface area contributed by atoms with E-state index in [0.717, 1.165) is 45.2 Å². The van der Waals surface area contributed by atoms with Gasteiger partial charge in [0.2, 0.25) is 0 Å². The third-order valence-corrected chi connectivity index (χ3v) is 5.32. The van der Waals surface area contributed by atoms with E-state index < -0.39 is 0 Å². The molecule has 0 amide bonds. The number of nitrogens with zero attached hydrogens (tertiary/aromatic N) is 3. The third kappa shape index (κ3) is 8.79. The van der Waals surface area contributed by atoms with Crippen LogP contribution in [0.15, 0.2) is 59.6 Å². The van der Waals surface area contributed by atoms with Gasteiger partial charge >= 0.3 is 0 Å². The van der Waals surface area contributed by atoms with Gasteiger partial charge in [0.05, 0.1) is 19.8 Å². The van der Waals surface area contributed by atoms with Crippen molar-refractivity contribution in [3.63, 3.8) is 0 Å². The maximum absolute atomic E-state index is 5.97. The molecule has 0 aliphatic carbocycles. The Morgan fingerprint density at radius 2 is 1.77 bits per heavy atom. The Morgan fingerprint density at radius 3 is 2.45 bits per heavy atom. The lowest BCUT2D eigenvalue weighted by Crippen LogP contribution is -2.40. The zero-order valence-corrected chi connectivity index (χ0v) is 21.4. The van der Waals surface area contributed by atoms with Crippen LogP contribution in [-0.4, -0.2) is 56.1 Å². The lowest BCUT2D eigenvalue weighted by atomic mass is 10.1. The van der Waals surface area contributed by atoms with Gasteiger partial charge in [0.25, 0.3) is 0 Å². The first-order valence-electron chi connectivity index (χ1n) is 11.0. The van der Waals surface area contributed by atoms with Gasteiger partial charge in [-0.25, -0.2) is 4.99 Å². The highest BCUT2D eigenvalue weighted by Gasteiger charge is 2.25. The monoisotopic (exact) mass is 536 g/mol. The molecule has 2 aromatic carbocycles. The van der Waals surface area contributed by atoms with Crippen LogP contribution in [0.25, 0.3) is 0 Å². The van der Waals surface area contributed by atoms with Gasteiger partial charge in [-0.2, -0.15) is 0 Å². The first-order chi connectivity index (χ1) is 14.6. The van der Waals surface area contributed by atoms with Crippen molar-refractivity contribution in [3.05, 3.63) is 71.3 Å². The molecule has 0 aromatic heterocycles. The van der Waals surface area contributed by atoms with Crippen molar-refractivity contribution in [2.45, 2.75) is 33.0 Å². The van der Waals surface area contributed by atoms with E-state index in [1.54, 1.807) is 0 Å². The molecule has 170 valence electrons. The van der Waals surface area contributed by atoms with E-state index in [2.05, 4.69) is 84.7 Å². The van der Waals surface area contributed by atoms with Crippen LogP contribution in [0.4, 0.5) is 0 Å². The number of hydrogen-bond donors (Lipinski definition) is 1. The molecule has 1 N–H and O–H groups in total. The Hall–Kier alpha value is -1.64. The van der Waals surface area contributed by atoms with Crippen LogP contribution in [0, 0.1) is 5.92 Å². The Balaban J connectivity index is 0.00000341. The molecule has 1 saturated heterocycles. The number of benzene rings is 2. The van der Waals surface area contributed by atoms with Crippen molar-refractivity contribution in [2.75, 3.05) is 40.3 Å². The summed E-state index contributed by atoms with van der Waals surface area (Å²) in [7, 11) is 4.19. The lowest BCUT2D eigenvalue weighted by molar-refractivity contribution is 0.0906. The van der Waals surface area contributed by atoms with E-state index in [4.69, 9.17) is 9.73 Å². The Bertz CT molecular complexity index is 780. The van der Waals surface area contributed by atoms with Crippen molar-refractivity contribution in [1.29, 1.82) is 0 Å². The predicted octanol–water partition coefficient (Wildman–Crippen LogP) is 4.37. The molecule has 1 aliphatic heterocycles. The highest BCUT2D eigenvalue weighted by molar-refractivity contribution is 14.0. The van der Waals surface area contributed by atoms with E-state index in [1.165, 1.54) is 16.7 Å². The van der Waals surface area contributed by atoms with Gasteiger partial charge in [0.1, 0.15) is 0 Å². The van der Waals surface area contributed by atoms with Gasteiger partial charge in [0, 0.05) is 32.1 Å². The van der Waals surface area contributed by atoms with Crippen LogP contribution in [0.5, 0.6) is 0 Å². The molecule has 1 fully saturated rings. The molecule has 0 bridgehead atoms. The Labute approximate surface area is 204 Å². The van der Waals surface area contributed by atoms with Gasteiger partial charge in [-0.3, -0.25) is 0 Å². The minimum atomic E-state index is 0. The number of aliphatic imine (C=N–C) groups is 1. The summed E-state index contributed by atoms with van der Waals surface area (Å²) >= 11 is 0. The van der Waals surface area contributed by atoms with E-state index in [9.17, 15) is 0 Å². The zero-order chi connectivity index (χ0) is 21.2. The van der Waals surface area contributed by atoms with E-state index in [1.807, 2.05) is 6.07 Å². The molecule has 31 heavy (non-hydrogen) atoms. The first kappa shape index (κ1) is 25.6. The Morgan fingerprint density at radius 1 is 1.06 bits per heavy atom. The normalized spacial score (nSPS) is 16.5. The van der Waals surface area contributed by atoms with E-state index >= 15 is 0 Å². The van der Waals surface area contributed by atoms with Crippen molar-refractivity contribution >= 4 is 29.9 Å². The molecule has 6 heteroatoms. The number of hydrogen-bond acceptors (Lipinski definition) is 3. The lowest BCUT2D eigenvalue weighted by Gasteiger charge is -2.21. The molecule has 1 heterocycles. The number of halogens is 1. The average molecular weight is 537 g/mol. The SMILES string of the molecule is CCNC(=NCc1ccc(CN(C)C)cc1)N1CCC(COCc2ccccc2)C1.I. The summed E-state index contributed by atoms with van der Waals surface area (Å²) in [4.78, 5) is 9.46. The molecule has 3 rings (SSSR count). The van der Waals surface area contributed by atoms with Crippen LogP contribution >= 0.6 is 24.0 Å². The molecule has 1 unspecified atom stereocenters. The molecule has 2 aromatic rings. The van der Waals surface area contributed by atoms with Crippen molar-refractivity contribution in [1.82, 2.24) is 15.1 Å². The maximum Gasteiger partial charge on any atom is 0.194 e. The number of ether oxygens (including phenoxy) is 1. The number of rotatable bonds is 9. The van der Waals surface area contributed by atoms with Gasteiger partial charge in [-0.15, -0.1) is 24.0 Å². The highest BCUT2D eigenvalue weighted by atomic mass is 127. The largest absolute Gasteiger partial charge is 0.376 e. The summed E-state index contributed by atoms with van der Waals surface area (Å²) in [5.41, 5.74) is 3.81. The fourth-order valence-corrected chi connectivity index (χ4v) is 3.79. The maximum atomic E-state index is 5.97. The molecule has 1 atom stereocenters. The first-order valence-corrected chi connectivity index (χ1v) is 11.0. The van der Waals surface area contributed by atoms with Gasteiger partial charge in [-0.1, -0.05) is 54.6 Å². The fraction of sp³-hybridized carbons (Fsp3) is 0.480. The molecular weight excluding hydrogens is 499 g/mol. The second-order valence-electron chi connectivity index (χ2n) is 8.33. The van der Waals surface area contributed by atoms with Crippen molar-refractivity contribution < 1.29 is 4.74 Å². The van der Waals surface area contributed by atoms with Crippen LogP contribution < -0.4 is 5.32 Å². The number of nitrogens with one attached hydrogen (secondary N) is 1. The summed E-state index contributed by atoms with van der Waals surface area (Å²) in [5, 5.41) is 3.46. The minimum absolute atomic E-state index is 0. The minimum Gasteiger partial charge on any atom is -0.376 e. The number of guanidine groups is 1.